The Labute approximate surface area is 140 Å². The molecule has 1 aliphatic carbocycles. The standard InChI is InChI=1S/C19H21NO4/c21-16-10-11-17(18(22)12-16)13-6-8-15(9-7-13)20(24)19(23)14-4-2-1-3-5-14/h1-5,10-13,15,21-22,24H,6-9H2/t13-,15+. The molecule has 0 heterocycles. The number of nitrogens with zero attached hydrogens (tertiary/aromatic N) is 1. The third kappa shape index (κ3) is 3.36. The first-order valence-electron chi connectivity index (χ1n) is 8.15. The molecule has 0 radical (unpaired) electrons. The van der Waals surface area contributed by atoms with E-state index in [2.05, 4.69) is 0 Å². The van der Waals surface area contributed by atoms with Gasteiger partial charge in [0.1, 0.15) is 11.5 Å². The molecule has 3 N–H and O–H groups in total. The van der Waals surface area contributed by atoms with Crippen LogP contribution >= 0.6 is 0 Å². The second-order valence-electron chi connectivity index (χ2n) is 6.26. The zero-order valence-electron chi connectivity index (χ0n) is 13.3. The maximum Gasteiger partial charge on any atom is 0.277 e. The first kappa shape index (κ1) is 16.3. The molecule has 5 nitrogen and oxygen atoms in total. The molecule has 24 heavy (non-hydrogen) atoms. The van der Waals surface area contributed by atoms with Gasteiger partial charge in [0.2, 0.25) is 0 Å². The van der Waals surface area contributed by atoms with Gasteiger partial charge in [-0.3, -0.25) is 10.0 Å². The molecule has 0 aromatic heterocycles. The van der Waals surface area contributed by atoms with Crippen molar-refractivity contribution in [3.05, 3.63) is 59.7 Å². The summed E-state index contributed by atoms with van der Waals surface area (Å²) in [5.74, 6) is -0.0757. The van der Waals surface area contributed by atoms with Crippen molar-refractivity contribution < 1.29 is 20.2 Å². The Balaban J connectivity index is 1.63. The number of carbonyl (C=O) groups excluding carboxylic acids is 1. The number of hydrogen-bond acceptors (Lipinski definition) is 4. The number of benzene rings is 2. The molecule has 0 unspecified atom stereocenters. The van der Waals surface area contributed by atoms with Crippen molar-refractivity contribution in [1.82, 2.24) is 5.06 Å². The molecule has 2 aromatic carbocycles. The van der Waals surface area contributed by atoms with E-state index in [4.69, 9.17) is 0 Å². The van der Waals surface area contributed by atoms with Crippen LogP contribution in [-0.4, -0.2) is 32.4 Å². The molecule has 0 spiro atoms. The Bertz CT molecular complexity index is 709. The van der Waals surface area contributed by atoms with Gasteiger partial charge in [0.05, 0.1) is 6.04 Å². The van der Waals surface area contributed by atoms with Crippen LogP contribution in [0.5, 0.6) is 11.5 Å². The summed E-state index contributed by atoms with van der Waals surface area (Å²) in [5, 5.41) is 30.5. The van der Waals surface area contributed by atoms with E-state index in [0.717, 1.165) is 23.5 Å². The number of rotatable bonds is 3. The minimum atomic E-state index is -0.383. The van der Waals surface area contributed by atoms with Gasteiger partial charge in [-0.15, -0.1) is 0 Å². The number of phenols is 2. The van der Waals surface area contributed by atoms with Crippen LogP contribution in [0.3, 0.4) is 0 Å². The molecule has 1 fully saturated rings. The highest BCUT2D eigenvalue weighted by Gasteiger charge is 2.30. The fraction of sp³-hybridized carbons (Fsp3) is 0.316. The summed E-state index contributed by atoms with van der Waals surface area (Å²) in [7, 11) is 0. The van der Waals surface area contributed by atoms with Gasteiger partial charge < -0.3 is 10.2 Å². The molecule has 0 aliphatic heterocycles. The summed E-state index contributed by atoms with van der Waals surface area (Å²) in [6.45, 7) is 0. The summed E-state index contributed by atoms with van der Waals surface area (Å²) in [6.07, 6.45) is 2.87. The van der Waals surface area contributed by atoms with Crippen molar-refractivity contribution >= 4 is 5.91 Å². The highest BCUT2D eigenvalue weighted by atomic mass is 16.5. The second-order valence-corrected chi connectivity index (χ2v) is 6.26. The van der Waals surface area contributed by atoms with E-state index in [1.807, 2.05) is 6.07 Å². The smallest absolute Gasteiger partial charge is 0.277 e. The second kappa shape index (κ2) is 6.93. The van der Waals surface area contributed by atoms with Crippen molar-refractivity contribution in [3.63, 3.8) is 0 Å². The lowest BCUT2D eigenvalue weighted by Crippen LogP contribution is -2.39. The molecule has 1 aliphatic rings. The Morgan fingerprint density at radius 1 is 0.958 bits per heavy atom. The fourth-order valence-corrected chi connectivity index (χ4v) is 3.39. The first-order valence-corrected chi connectivity index (χ1v) is 8.15. The van der Waals surface area contributed by atoms with Crippen LogP contribution in [-0.2, 0) is 0 Å². The molecule has 2 aromatic rings. The average molecular weight is 327 g/mol. The third-order valence-electron chi connectivity index (χ3n) is 4.73. The molecular formula is C19H21NO4. The number of phenolic OH excluding ortho intramolecular Hbond substituents is 2. The van der Waals surface area contributed by atoms with E-state index in [0.29, 0.717) is 18.4 Å². The SMILES string of the molecule is O=C(c1ccccc1)N(O)[C@H]1CC[C@@H](c2ccc(O)cc2O)CC1. The van der Waals surface area contributed by atoms with Crippen molar-refractivity contribution in [1.29, 1.82) is 0 Å². The molecule has 1 amide bonds. The highest BCUT2D eigenvalue weighted by molar-refractivity contribution is 5.93. The summed E-state index contributed by atoms with van der Waals surface area (Å²) >= 11 is 0. The van der Waals surface area contributed by atoms with Gasteiger partial charge in [0, 0.05) is 11.6 Å². The average Bonchev–Trinajstić information content (AvgIpc) is 2.61. The maximum absolute atomic E-state index is 12.3. The van der Waals surface area contributed by atoms with E-state index in [1.54, 1.807) is 36.4 Å². The van der Waals surface area contributed by atoms with Crippen molar-refractivity contribution in [2.24, 2.45) is 0 Å². The minimum Gasteiger partial charge on any atom is -0.508 e. The highest BCUT2D eigenvalue weighted by Crippen LogP contribution is 2.39. The summed E-state index contributed by atoms with van der Waals surface area (Å²) in [4.78, 5) is 12.3. The molecular weight excluding hydrogens is 306 g/mol. The lowest BCUT2D eigenvalue weighted by Gasteiger charge is -2.33. The molecule has 3 rings (SSSR count). The van der Waals surface area contributed by atoms with Crippen LogP contribution in [0.1, 0.15) is 47.5 Å². The van der Waals surface area contributed by atoms with E-state index >= 15 is 0 Å². The third-order valence-corrected chi connectivity index (χ3v) is 4.73. The Kier molecular flexibility index (Phi) is 4.71. The van der Waals surface area contributed by atoms with Crippen LogP contribution in [0.25, 0.3) is 0 Å². The monoisotopic (exact) mass is 327 g/mol. The van der Waals surface area contributed by atoms with Gasteiger partial charge >= 0.3 is 0 Å². The zero-order valence-corrected chi connectivity index (χ0v) is 13.3. The van der Waals surface area contributed by atoms with Crippen LogP contribution < -0.4 is 0 Å². The summed E-state index contributed by atoms with van der Waals surface area (Å²) in [5.41, 5.74) is 1.28. The van der Waals surface area contributed by atoms with E-state index in [1.165, 1.54) is 6.07 Å². The number of carbonyl (C=O) groups is 1. The summed E-state index contributed by atoms with van der Waals surface area (Å²) < 4.78 is 0. The lowest BCUT2D eigenvalue weighted by atomic mass is 9.81. The van der Waals surface area contributed by atoms with Crippen LogP contribution in [0.2, 0.25) is 0 Å². The van der Waals surface area contributed by atoms with Gasteiger partial charge in [-0.05, 0) is 55.4 Å². The maximum atomic E-state index is 12.3. The normalized spacial score (nSPS) is 20.5. The quantitative estimate of drug-likeness (QED) is 0.594. The Morgan fingerprint density at radius 2 is 1.62 bits per heavy atom. The molecule has 0 saturated heterocycles. The molecule has 1 saturated carbocycles. The van der Waals surface area contributed by atoms with Gasteiger partial charge in [0.15, 0.2) is 0 Å². The van der Waals surface area contributed by atoms with Crippen LogP contribution in [0.4, 0.5) is 0 Å². The Hall–Kier alpha value is -2.53. The molecule has 0 bridgehead atoms. The van der Waals surface area contributed by atoms with E-state index in [-0.39, 0.29) is 29.4 Å². The minimum absolute atomic E-state index is 0.0416. The largest absolute Gasteiger partial charge is 0.508 e. The van der Waals surface area contributed by atoms with Gasteiger partial charge in [-0.2, -0.15) is 0 Å². The Morgan fingerprint density at radius 3 is 2.25 bits per heavy atom. The summed E-state index contributed by atoms with van der Waals surface area (Å²) in [6, 6.07) is 13.2. The van der Waals surface area contributed by atoms with Crippen molar-refractivity contribution in [2.45, 2.75) is 37.6 Å². The molecule has 0 atom stereocenters. The number of hydroxylamine groups is 2. The van der Waals surface area contributed by atoms with Crippen molar-refractivity contribution in [2.75, 3.05) is 0 Å². The number of amides is 1. The van der Waals surface area contributed by atoms with Crippen LogP contribution in [0, 0.1) is 0 Å². The number of aromatic hydroxyl groups is 2. The predicted molar refractivity (Wildman–Crippen MR) is 89.2 cm³/mol. The van der Waals surface area contributed by atoms with Crippen molar-refractivity contribution in [3.8, 4) is 11.5 Å². The van der Waals surface area contributed by atoms with Crippen LogP contribution in [0.15, 0.2) is 48.5 Å². The molecule has 126 valence electrons. The number of hydrogen-bond donors (Lipinski definition) is 3. The first-order chi connectivity index (χ1) is 11.6. The topological polar surface area (TPSA) is 81.0 Å². The van der Waals surface area contributed by atoms with E-state index < -0.39 is 0 Å². The van der Waals surface area contributed by atoms with Gasteiger partial charge in [-0.25, -0.2) is 5.06 Å². The lowest BCUT2D eigenvalue weighted by molar-refractivity contribution is -0.0974. The molecule has 5 heteroatoms. The predicted octanol–water partition coefficient (Wildman–Crippen LogP) is 3.66. The van der Waals surface area contributed by atoms with E-state index in [9.17, 15) is 20.2 Å². The fourth-order valence-electron chi connectivity index (χ4n) is 3.39. The van der Waals surface area contributed by atoms with Gasteiger partial charge in [-0.1, -0.05) is 24.3 Å². The zero-order chi connectivity index (χ0) is 17.1. The van der Waals surface area contributed by atoms with Gasteiger partial charge in [0.25, 0.3) is 5.91 Å².